The minimum atomic E-state index is -0.222. The summed E-state index contributed by atoms with van der Waals surface area (Å²) in [5.74, 6) is 1.64. The molecule has 2 aromatic rings. The van der Waals surface area contributed by atoms with Gasteiger partial charge in [0.2, 0.25) is 5.95 Å². The number of ether oxygens (including phenoxy) is 2. The van der Waals surface area contributed by atoms with Crippen LogP contribution in [0.4, 0.5) is 5.95 Å². The van der Waals surface area contributed by atoms with Crippen LogP contribution in [0.3, 0.4) is 0 Å². The minimum absolute atomic E-state index is 0.152. The largest absolute Gasteiger partial charge is 0.493 e. The summed E-state index contributed by atoms with van der Waals surface area (Å²) in [6.07, 6.45) is 1.59. The van der Waals surface area contributed by atoms with Gasteiger partial charge in [0.05, 0.1) is 30.6 Å². The van der Waals surface area contributed by atoms with Gasteiger partial charge in [-0.2, -0.15) is 5.10 Å². The summed E-state index contributed by atoms with van der Waals surface area (Å²) in [6, 6.07) is 5.10. The first-order valence-electron chi connectivity index (χ1n) is 7.26. The smallest absolute Gasteiger partial charge is 0.252 e. The zero-order valence-electron chi connectivity index (χ0n) is 13.9. The van der Waals surface area contributed by atoms with E-state index in [2.05, 4.69) is 36.4 Å². The lowest BCUT2D eigenvalue weighted by Crippen LogP contribution is -2.12. The fourth-order valence-corrected chi connectivity index (χ4v) is 2.63. The summed E-state index contributed by atoms with van der Waals surface area (Å²) in [5.41, 5.74) is 3.99. The lowest BCUT2D eigenvalue weighted by molar-refractivity contribution is 0.353. The Morgan fingerprint density at radius 1 is 1.29 bits per heavy atom. The highest BCUT2D eigenvalue weighted by Crippen LogP contribution is 2.35. The molecule has 24 heavy (non-hydrogen) atoms. The number of benzene rings is 1. The van der Waals surface area contributed by atoms with Gasteiger partial charge in [0.25, 0.3) is 5.56 Å². The summed E-state index contributed by atoms with van der Waals surface area (Å²) in [5, 5.41) is 4.10. The van der Waals surface area contributed by atoms with Gasteiger partial charge in [-0.05, 0) is 39.5 Å². The van der Waals surface area contributed by atoms with Crippen LogP contribution in [0.25, 0.3) is 0 Å². The van der Waals surface area contributed by atoms with Crippen LogP contribution in [0.2, 0.25) is 0 Å². The zero-order valence-corrected chi connectivity index (χ0v) is 15.5. The second-order valence-electron chi connectivity index (χ2n) is 5.28. The monoisotopic (exact) mass is 394 g/mol. The molecular formula is C16H19BrN4O3. The van der Waals surface area contributed by atoms with Crippen LogP contribution in [0.1, 0.15) is 31.0 Å². The molecule has 0 amide bonds. The molecule has 7 nitrogen and oxygen atoms in total. The number of nitrogens with one attached hydrogen (secondary N) is 2. The molecule has 1 aromatic carbocycles. The molecule has 0 radical (unpaired) electrons. The molecule has 2 rings (SSSR count). The Kier molecular flexibility index (Phi) is 5.97. The van der Waals surface area contributed by atoms with Crippen molar-refractivity contribution in [3.8, 4) is 11.5 Å². The number of halogens is 1. The second kappa shape index (κ2) is 7.96. The van der Waals surface area contributed by atoms with E-state index in [0.717, 1.165) is 10.0 Å². The van der Waals surface area contributed by atoms with E-state index in [1.54, 1.807) is 26.5 Å². The van der Waals surface area contributed by atoms with Crippen LogP contribution in [-0.4, -0.2) is 30.4 Å². The summed E-state index contributed by atoms with van der Waals surface area (Å²) in [7, 11) is 3.14. The molecule has 8 heteroatoms. The van der Waals surface area contributed by atoms with Crippen molar-refractivity contribution in [1.29, 1.82) is 0 Å². The fraction of sp³-hybridized carbons (Fsp3) is 0.312. The normalized spacial score (nSPS) is 11.1. The van der Waals surface area contributed by atoms with E-state index in [0.29, 0.717) is 23.1 Å². The maximum atomic E-state index is 11.6. The quantitative estimate of drug-likeness (QED) is 0.580. The van der Waals surface area contributed by atoms with Gasteiger partial charge in [-0.25, -0.2) is 10.4 Å². The van der Waals surface area contributed by atoms with Gasteiger partial charge in [-0.15, -0.1) is 0 Å². The van der Waals surface area contributed by atoms with Gasteiger partial charge in [-0.1, -0.05) is 13.8 Å². The Labute approximate surface area is 148 Å². The number of anilines is 1. The van der Waals surface area contributed by atoms with Crippen molar-refractivity contribution in [2.75, 3.05) is 19.6 Å². The van der Waals surface area contributed by atoms with Gasteiger partial charge >= 0.3 is 0 Å². The van der Waals surface area contributed by atoms with Crippen molar-refractivity contribution >= 4 is 28.1 Å². The van der Waals surface area contributed by atoms with Crippen molar-refractivity contribution in [3.05, 3.63) is 44.3 Å². The Morgan fingerprint density at radius 3 is 2.67 bits per heavy atom. The molecule has 128 valence electrons. The first-order valence-corrected chi connectivity index (χ1v) is 8.05. The number of rotatable bonds is 6. The Balaban J connectivity index is 2.21. The Hall–Kier alpha value is -2.35. The number of H-pyrrole nitrogens is 1. The molecule has 0 bridgehead atoms. The lowest BCUT2D eigenvalue weighted by atomic mass is 10.1. The van der Waals surface area contributed by atoms with Crippen LogP contribution in [0, 0.1) is 0 Å². The molecular weight excluding hydrogens is 376 g/mol. The Bertz CT molecular complexity index is 802. The summed E-state index contributed by atoms with van der Waals surface area (Å²) in [4.78, 5) is 18.5. The van der Waals surface area contributed by atoms with Crippen molar-refractivity contribution < 1.29 is 9.47 Å². The fourth-order valence-electron chi connectivity index (χ4n) is 2.01. The van der Waals surface area contributed by atoms with Gasteiger partial charge in [0.15, 0.2) is 11.5 Å². The van der Waals surface area contributed by atoms with E-state index in [4.69, 9.17) is 9.47 Å². The molecule has 0 fully saturated rings. The van der Waals surface area contributed by atoms with Crippen LogP contribution >= 0.6 is 15.9 Å². The topological polar surface area (TPSA) is 88.6 Å². The lowest BCUT2D eigenvalue weighted by Gasteiger charge is -2.10. The number of hydrogen-bond donors (Lipinski definition) is 2. The number of aromatic nitrogens is 2. The minimum Gasteiger partial charge on any atom is -0.493 e. The molecule has 0 spiro atoms. The summed E-state index contributed by atoms with van der Waals surface area (Å²) >= 11 is 3.42. The first-order chi connectivity index (χ1) is 11.4. The standard InChI is InChI=1S/C16H19BrN4O3/c1-9(2)12-7-14(22)20-16(19-12)21-18-8-10-5-11(17)15(24-4)13(6-10)23-3/h5-9H,1-4H3,(H2,19,20,21,22)/b18-8-. The third-order valence-electron chi connectivity index (χ3n) is 3.19. The van der Waals surface area contributed by atoms with Crippen LogP contribution in [0.15, 0.2) is 32.6 Å². The van der Waals surface area contributed by atoms with Crippen molar-refractivity contribution in [2.45, 2.75) is 19.8 Å². The van der Waals surface area contributed by atoms with Crippen molar-refractivity contribution in [2.24, 2.45) is 5.10 Å². The maximum absolute atomic E-state index is 11.6. The maximum Gasteiger partial charge on any atom is 0.252 e. The number of nitrogens with zero attached hydrogens (tertiary/aromatic N) is 2. The molecule has 1 heterocycles. The number of hydrazone groups is 1. The molecule has 2 N–H and O–H groups in total. The molecule has 1 aromatic heterocycles. The third-order valence-corrected chi connectivity index (χ3v) is 3.78. The van der Waals surface area contributed by atoms with Crippen LogP contribution in [-0.2, 0) is 0 Å². The van der Waals surface area contributed by atoms with Crippen molar-refractivity contribution in [1.82, 2.24) is 9.97 Å². The average Bonchev–Trinajstić information content (AvgIpc) is 2.53. The molecule has 0 saturated heterocycles. The van der Waals surface area contributed by atoms with E-state index >= 15 is 0 Å². The highest BCUT2D eigenvalue weighted by molar-refractivity contribution is 9.10. The number of hydrogen-bond acceptors (Lipinski definition) is 6. The second-order valence-corrected chi connectivity index (χ2v) is 6.14. The van der Waals surface area contributed by atoms with Crippen LogP contribution < -0.4 is 20.5 Å². The van der Waals surface area contributed by atoms with E-state index in [1.165, 1.54) is 6.07 Å². The third kappa shape index (κ3) is 4.35. The Morgan fingerprint density at radius 2 is 2.04 bits per heavy atom. The summed E-state index contributed by atoms with van der Waals surface area (Å²) in [6.45, 7) is 3.94. The van der Waals surface area contributed by atoms with Crippen molar-refractivity contribution in [3.63, 3.8) is 0 Å². The van der Waals surface area contributed by atoms with E-state index in [1.807, 2.05) is 19.9 Å². The SMILES string of the molecule is COc1cc(/C=N\Nc2nc(C(C)C)cc(=O)[nH]2)cc(Br)c1OC. The number of methoxy groups -OCH3 is 2. The van der Waals surface area contributed by atoms with Gasteiger partial charge in [0.1, 0.15) is 0 Å². The molecule has 0 aliphatic rings. The molecule has 0 atom stereocenters. The predicted molar refractivity (Wildman–Crippen MR) is 97.4 cm³/mol. The highest BCUT2D eigenvalue weighted by Gasteiger charge is 2.09. The van der Waals surface area contributed by atoms with Gasteiger partial charge < -0.3 is 9.47 Å². The van der Waals surface area contributed by atoms with Crippen LogP contribution in [0.5, 0.6) is 11.5 Å². The van der Waals surface area contributed by atoms with E-state index in [9.17, 15) is 4.79 Å². The highest BCUT2D eigenvalue weighted by atomic mass is 79.9. The van der Waals surface area contributed by atoms with Gasteiger partial charge in [-0.3, -0.25) is 9.78 Å². The summed E-state index contributed by atoms with van der Waals surface area (Å²) < 4.78 is 11.3. The molecule has 0 aliphatic heterocycles. The van der Waals surface area contributed by atoms with E-state index in [-0.39, 0.29) is 11.5 Å². The molecule has 0 aliphatic carbocycles. The molecule has 0 unspecified atom stereocenters. The molecule has 0 saturated carbocycles. The number of aromatic amines is 1. The van der Waals surface area contributed by atoms with Gasteiger partial charge in [0, 0.05) is 6.07 Å². The average molecular weight is 395 g/mol. The predicted octanol–water partition coefficient (Wildman–Crippen LogP) is 3.12. The van der Waals surface area contributed by atoms with E-state index < -0.39 is 0 Å². The zero-order chi connectivity index (χ0) is 17.7. The first kappa shape index (κ1) is 18.0.